The summed E-state index contributed by atoms with van der Waals surface area (Å²) in [7, 11) is 1.87. The van der Waals surface area contributed by atoms with Crippen molar-refractivity contribution in [2.45, 2.75) is 20.8 Å². The van der Waals surface area contributed by atoms with Crippen LogP contribution in [0.3, 0.4) is 0 Å². The van der Waals surface area contributed by atoms with E-state index in [1.165, 1.54) is 0 Å². The van der Waals surface area contributed by atoms with Crippen molar-refractivity contribution in [1.82, 2.24) is 5.32 Å². The van der Waals surface area contributed by atoms with Gasteiger partial charge in [-0.3, -0.25) is 4.99 Å². The van der Waals surface area contributed by atoms with Crippen LogP contribution >= 0.6 is 0 Å². The Balaban J connectivity index is 0. The van der Waals surface area contributed by atoms with Gasteiger partial charge in [0.15, 0.2) is 0 Å². The summed E-state index contributed by atoms with van der Waals surface area (Å²) in [4.78, 5) is 3.81. The lowest BCUT2D eigenvalue weighted by molar-refractivity contribution is 0.871. The van der Waals surface area contributed by atoms with Crippen molar-refractivity contribution >= 4 is 6.72 Å². The smallest absolute Gasteiger partial charge is 0.0536 e. The first-order chi connectivity index (χ1) is 5.70. The van der Waals surface area contributed by atoms with E-state index in [2.05, 4.69) is 23.6 Å². The standard InChI is InChI=1S/C8H14N2.C2H6/c1-7(2)5-8(10-4)6-9-3;1-2/h5,9H,1,4,6H2,2-3H3;1-2H3/b8-5-;. The monoisotopic (exact) mass is 168 g/mol. The summed E-state index contributed by atoms with van der Waals surface area (Å²) < 4.78 is 0. The molecule has 0 aliphatic carbocycles. The molecular formula is C10H20N2. The van der Waals surface area contributed by atoms with Crippen LogP contribution < -0.4 is 5.32 Å². The number of aliphatic imine (C=N–C) groups is 1. The van der Waals surface area contributed by atoms with Gasteiger partial charge < -0.3 is 5.32 Å². The van der Waals surface area contributed by atoms with E-state index in [0.717, 1.165) is 17.8 Å². The molecule has 2 heteroatoms. The molecule has 0 aliphatic heterocycles. The molecule has 0 saturated carbocycles. The number of nitrogens with one attached hydrogen (secondary N) is 1. The van der Waals surface area contributed by atoms with Crippen LogP contribution in [0.25, 0.3) is 0 Å². The molecule has 0 aromatic rings. The van der Waals surface area contributed by atoms with Gasteiger partial charge in [-0.2, -0.15) is 0 Å². The van der Waals surface area contributed by atoms with E-state index in [0.29, 0.717) is 0 Å². The summed E-state index contributed by atoms with van der Waals surface area (Å²) >= 11 is 0. The lowest BCUT2D eigenvalue weighted by Gasteiger charge is -1.98. The highest BCUT2D eigenvalue weighted by Crippen LogP contribution is 1.98. The molecule has 0 spiro atoms. The molecule has 0 saturated heterocycles. The minimum absolute atomic E-state index is 0.746. The van der Waals surface area contributed by atoms with E-state index in [1.54, 1.807) is 0 Å². The van der Waals surface area contributed by atoms with Gasteiger partial charge >= 0.3 is 0 Å². The highest BCUT2D eigenvalue weighted by atomic mass is 14.9. The van der Waals surface area contributed by atoms with Crippen LogP contribution in [0.5, 0.6) is 0 Å². The van der Waals surface area contributed by atoms with Gasteiger partial charge in [0.1, 0.15) is 0 Å². The molecular weight excluding hydrogens is 148 g/mol. The second-order valence-electron chi connectivity index (χ2n) is 2.17. The van der Waals surface area contributed by atoms with Gasteiger partial charge in [0.25, 0.3) is 0 Å². The van der Waals surface area contributed by atoms with Crippen molar-refractivity contribution in [3.05, 3.63) is 23.9 Å². The number of hydrogen-bond acceptors (Lipinski definition) is 2. The Morgan fingerprint density at radius 1 is 1.50 bits per heavy atom. The largest absolute Gasteiger partial charge is 0.314 e. The van der Waals surface area contributed by atoms with Crippen molar-refractivity contribution in [2.75, 3.05) is 13.6 Å². The summed E-state index contributed by atoms with van der Waals surface area (Å²) in [6.45, 7) is 13.8. The molecule has 0 bridgehead atoms. The van der Waals surface area contributed by atoms with Crippen LogP contribution in [-0.4, -0.2) is 20.3 Å². The Labute approximate surface area is 76.1 Å². The van der Waals surface area contributed by atoms with Gasteiger partial charge in [-0.15, -0.1) is 0 Å². The molecule has 0 unspecified atom stereocenters. The van der Waals surface area contributed by atoms with Gasteiger partial charge in [0, 0.05) is 6.54 Å². The van der Waals surface area contributed by atoms with Gasteiger partial charge in [-0.25, -0.2) is 0 Å². The van der Waals surface area contributed by atoms with Gasteiger partial charge in [0.2, 0.25) is 0 Å². The van der Waals surface area contributed by atoms with Gasteiger partial charge in [0.05, 0.1) is 5.70 Å². The summed E-state index contributed by atoms with van der Waals surface area (Å²) in [6, 6.07) is 0. The summed E-state index contributed by atoms with van der Waals surface area (Å²) in [5, 5.41) is 2.98. The number of hydrogen-bond donors (Lipinski definition) is 1. The fraction of sp³-hybridized carbons (Fsp3) is 0.500. The molecule has 0 aromatic carbocycles. The minimum atomic E-state index is 0.746. The van der Waals surface area contributed by atoms with E-state index >= 15 is 0 Å². The van der Waals surface area contributed by atoms with Gasteiger partial charge in [-0.1, -0.05) is 26.0 Å². The van der Waals surface area contributed by atoms with Crippen molar-refractivity contribution < 1.29 is 0 Å². The van der Waals surface area contributed by atoms with E-state index < -0.39 is 0 Å². The maximum atomic E-state index is 3.81. The van der Waals surface area contributed by atoms with Crippen LogP contribution in [0, 0.1) is 0 Å². The lowest BCUT2D eigenvalue weighted by atomic mass is 10.3. The second kappa shape index (κ2) is 10.1. The van der Waals surface area contributed by atoms with Gasteiger partial charge in [-0.05, 0) is 26.8 Å². The first-order valence-electron chi connectivity index (χ1n) is 4.18. The molecule has 1 N–H and O–H groups in total. The zero-order valence-electron chi connectivity index (χ0n) is 8.65. The quantitative estimate of drug-likeness (QED) is 0.506. The third kappa shape index (κ3) is 9.11. The molecule has 0 atom stereocenters. The Morgan fingerprint density at radius 3 is 2.25 bits per heavy atom. The third-order valence-corrected chi connectivity index (χ3v) is 0.974. The van der Waals surface area contributed by atoms with Crippen LogP contribution in [0.1, 0.15) is 20.8 Å². The van der Waals surface area contributed by atoms with Crippen LogP contribution in [0.2, 0.25) is 0 Å². The predicted molar refractivity (Wildman–Crippen MR) is 57.7 cm³/mol. The van der Waals surface area contributed by atoms with Crippen molar-refractivity contribution in [2.24, 2.45) is 4.99 Å². The zero-order valence-corrected chi connectivity index (χ0v) is 8.65. The molecule has 0 amide bonds. The Morgan fingerprint density at radius 2 is 2.00 bits per heavy atom. The van der Waals surface area contributed by atoms with Crippen molar-refractivity contribution in [1.29, 1.82) is 0 Å². The fourth-order valence-corrected chi connectivity index (χ4v) is 0.618. The Bertz CT molecular complexity index is 157. The molecule has 0 fully saturated rings. The molecule has 0 aromatic heterocycles. The molecule has 2 nitrogen and oxygen atoms in total. The number of rotatable bonds is 4. The first-order valence-corrected chi connectivity index (χ1v) is 4.18. The minimum Gasteiger partial charge on any atom is -0.314 e. The summed E-state index contributed by atoms with van der Waals surface area (Å²) in [6.07, 6.45) is 1.91. The molecule has 70 valence electrons. The van der Waals surface area contributed by atoms with Crippen LogP contribution in [0.4, 0.5) is 0 Å². The maximum absolute atomic E-state index is 3.81. The molecule has 12 heavy (non-hydrogen) atoms. The Kier molecular flexibility index (Phi) is 11.5. The number of likely N-dealkylation sites (N-methyl/N-ethyl adjacent to an activating group) is 1. The second-order valence-corrected chi connectivity index (χ2v) is 2.17. The average molecular weight is 168 g/mol. The first kappa shape index (κ1) is 13.7. The number of nitrogens with zero attached hydrogens (tertiary/aromatic N) is 1. The summed E-state index contributed by atoms with van der Waals surface area (Å²) in [5.74, 6) is 0. The number of allylic oxidation sites excluding steroid dienone is 2. The summed E-state index contributed by atoms with van der Waals surface area (Å²) in [5.41, 5.74) is 1.92. The molecule has 0 heterocycles. The predicted octanol–water partition coefficient (Wildman–Crippen LogP) is 2.39. The fourth-order valence-electron chi connectivity index (χ4n) is 0.618. The van der Waals surface area contributed by atoms with E-state index in [1.807, 2.05) is 33.9 Å². The average Bonchev–Trinajstić information content (AvgIpc) is 2.07. The normalized spacial score (nSPS) is 9.83. The molecule has 0 aliphatic rings. The van der Waals surface area contributed by atoms with E-state index in [4.69, 9.17) is 0 Å². The highest BCUT2D eigenvalue weighted by molar-refractivity contribution is 5.31. The topological polar surface area (TPSA) is 24.4 Å². The van der Waals surface area contributed by atoms with E-state index in [-0.39, 0.29) is 0 Å². The Hall–Kier alpha value is -0.890. The van der Waals surface area contributed by atoms with Crippen LogP contribution in [-0.2, 0) is 0 Å². The maximum Gasteiger partial charge on any atom is 0.0536 e. The SMILES string of the molecule is C=N/C(=C\C(=C)C)CNC.CC. The lowest BCUT2D eigenvalue weighted by Crippen LogP contribution is -2.09. The zero-order chi connectivity index (χ0) is 9.98. The van der Waals surface area contributed by atoms with Crippen molar-refractivity contribution in [3.8, 4) is 0 Å². The third-order valence-electron chi connectivity index (χ3n) is 0.974. The van der Waals surface area contributed by atoms with Crippen LogP contribution in [0.15, 0.2) is 28.9 Å². The molecule has 0 rings (SSSR count). The molecule has 0 radical (unpaired) electrons. The highest BCUT2D eigenvalue weighted by Gasteiger charge is 1.88. The van der Waals surface area contributed by atoms with E-state index in [9.17, 15) is 0 Å². The van der Waals surface area contributed by atoms with Crippen molar-refractivity contribution in [3.63, 3.8) is 0 Å².